The van der Waals surface area contributed by atoms with Crippen molar-refractivity contribution in [2.24, 2.45) is 12.8 Å². The fraction of sp³-hybridized carbons (Fsp3) is 0.583. The van der Waals surface area contributed by atoms with E-state index in [0.717, 1.165) is 25.9 Å². The molecule has 0 atom stereocenters. The Morgan fingerprint density at radius 3 is 2.74 bits per heavy atom. The van der Waals surface area contributed by atoms with Gasteiger partial charge in [0, 0.05) is 19.3 Å². The molecule has 1 aliphatic rings. The van der Waals surface area contributed by atoms with Gasteiger partial charge in [-0.25, -0.2) is 4.98 Å². The minimum atomic E-state index is -0.497. The Bertz CT molecular complexity index is 464. The summed E-state index contributed by atoms with van der Waals surface area (Å²) in [7, 11) is 1.80. The first-order valence-electron chi connectivity index (χ1n) is 6.36. The van der Waals surface area contributed by atoms with Gasteiger partial charge in [-0.2, -0.15) is 0 Å². The van der Waals surface area contributed by atoms with Crippen LogP contribution in [0.15, 0.2) is 12.5 Å². The lowest BCUT2D eigenvalue weighted by Gasteiger charge is -2.33. The molecule has 0 saturated carbocycles. The zero-order valence-corrected chi connectivity index (χ0v) is 11.0. The molecule has 1 aromatic rings. The average molecular weight is 265 g/mol. The van der Waals surface area contributed by atoms with Crippen LogP contribution in [0.3, 0.4) is 0 Å². The van der Waals surface area contributed by atoms with Crippen LogP contribution in [0, 0.1) is 0 Å². The molecule has 7 nitrogen and oxygen atoms in total. The molecule has 0 unspecified atom stereocenters. The summed E-state index contributed by atoms with van der Waals surface area (Å²) in [4.78, 5) is 29.2. The molecule has 2 rings (SSSR count). The Morgan fingerprint density at radius 1 is 1.53 bits per heavy atom. The second-order valence-corrected chi connectivity index (χ2v) is 4.80. The van der Waals surface area contributed by atoms with Crippen LogP contribution < -0.4 is 11.1 Å². The molecule has 0 aliphatic carbocycles. The van der Waals surface area contributed by atoms with Crippen molar-refractivity contribution in [2.75, 3.05) is 19.6 Å². The van der Waals surface area contributed by atoms with E-state index in [1.807, 2.05) is 0 Å². The van der Waals surface area contributed by atoms with Crippen molar-refractivity contribution < 1.29 is 9.59 Å². The molecule has 1 saturated heterocycles. The number of rotatable bonds is 4. The van der Waals surface area contributed by atoms with Gasteiger partial charge in [-0.3, -0.25) is 9.59 Å². The van der Waals surface area contributed by atoms with Crippen molar-refractivity contribution >= 4 is 11.8 Å². The van der Waals surface area contributed by atoms with Crippen molar-refractivity contribution in [2.45, 2.75) is 18.9 Å². The number of aromatic nitrogens is 2. The van der Waals surface area contributed by atoms with Crippen LogP contribution in [0.4, 0.5) is 0 Å². The number of aryl methyl sites for hydroxylation is 1. The normalized spacial score (nSPS) is 16.3. The number of hydrogen-bond donors (Lipinski definition) is 2. The Hall–Kier alpha value is -1.89. The van der Waals surface area contributed by atoms with Gasteiger partial charge in [0.05, 0.1) is 12.9 Å². The number of nitrogens with two attached hydrogens (primary N) is 1. The van der Waals surface area contributed by atoms with Crippen LogP contribution in [0.2, 0.25) is 0 Å². The lowest BCUT2D eigenvalue weighted by atomic mass is 10.0. The van der Waals surface area contributed by atoms with E-state index in [2.05, 4.69) is 10.3 Å². The fourth-order valence-corrected chi connectivity index (χ4v) is 2.32. The average Bonchev–Trinajstić information content (AvgIpc) is 2.83. The predicted octanol–water partition coefficient (Wildman–Crippen LogP) is -0.900. The number of nitrogens with one attached hydrogen (secondary N) is 1. The van der Waals surface area contributed by atoms with Gasteiger partial charge in [0.1, 0.15) is 5.69 Å². The van der Waals surface area contributed by atoms with Gasteiger partial charge in [0.2, 0.25) is 5.91 Å². The van der Waals surface area contributed by atoms with E-state index < -0.39 is 5.91 Å². The van der Waals surface area contributed by atoms with Crippen LogP contribution in [0.1, 0.15) is 23.3 Å². The number of imidazole rings is 1. The molecule has 104 valence electrons. The first-order valence-corrected chi connectivity index (χ1v) is 6.36. The summed E-state index contributed by atoms with van der Waals surface area (Å²) >= 11 is 0. The van der Waals surface area contributed by atoms with Crippen molar-refractivity contribution in [1.82, 2.24) is 19.8 Å². The van der Waals surface area contributed by atoms with Crippen molar-refractivity contribution in [3.05, 3.63) is 18.2 Å². The first kappa shape index (κ1) is 13.5. The Balaban J connectivity index is 2.16. The molecule has 2 heterocycles. The van der Waals surface area contributed by atoms with Crippen LogP contribution in [-0.4, -0.2) is 51.9 Å². The lowest BCUT2D eigenvalue weighted by molar-refractivity contribution is -0.119. The van der Waals surface area contributed by atoms with Crippen molar-refractivity contribution in [1.29, 1.82) is 0 Å². The number of amides is 2. The van der Waals surface area contributed by atoms with E-state index in [4.69, 9.17) is 5.73 Å². The monoisotopic (exact) mass is 265 g/mol. The molecule has 19 heavy (non-hydrogen) atoms. The lowest BCUT2D eigenvalue weighted by Crippen LogP contribution is -2.49. The molecule has 0 aromatic carbocycles. The summed E-state index contributed by atoms with van der Waals surface area (Å²) in [5.74, 6) is -0.728. The number of hydrogen-bond acceptors (Lipinski definition) is 4. The van der Waals surface area contributed by atoms with Crippen molar-refractivity contribution in [3.63, 3.8) is 0 Å². The number of carbonyl (C=O) groups is 2. The third-order valence-corrected chi connectivity index (χ3v) is 3.26. The summed E-state index contributed by atoms with van der Waals surface area (Å²) in [6.45, 7) is 1.63. The molecule has 0 bridgehead atoms. The maximum absolute atomic E-state index is 12.4. The summed E-state index contributed by atoms with van der Waals surface area (Å²) in [6, 6.07) is 0.0447. The van der Waals surface area contributed by atoms with E-state index in [-0.39, 0.29) is 18.5 Å². The fourth-order valence-electron chi connectivity index (χ4n) is 2.32. The Kier molecular flexibility index (Phi) is 4.16. The summed E-state index contributed by atoms with van der Waals surface area (Å²) in [5, 5.41) is 3.23. The highest BCUT2D eigenvalue weighted by molar-refractivity contribution is 5.94. The molecule has 1 aliphatic heterocycles. The topological polar surface area (TPSA) is 93.2 Å². The van der Waals surface area contributed by atoms with Gasteiger partial charge in [0.25, 0.3) is 5.91 Å². The second-order valence-electron chi connectivity index (χ2n) is 4.80. The maximum Gasteiger partial charge on any atom is 0.274 e. The SMILES string of the molecule is Cn1cnc(C(=O)N(CC(N)=O)C2CCNCC2)c1. The molecule has 0 radical (unpaired) electrons. The van der Waals surface area contributed by atoms with E-state index in [1.165, 1.54) is 0 Å². The van der Waals surface area contributed by atoms with Crippen LogP contribution in [-0.2, 0) is 11.8 Å². The molecule has 0 spiro atoms. The van der Waals surface area contributed by atoms with Gasteiger partial charge < -0.3 is 20.5 Å². The van der Waals surface area contributed by atoms with Gasteiger partial charge in [-0.05, 0) is 25.9 Å². The summed E-state index contributed by atoms with van der Waals surface area (Å²) in [5.41, 5.74) is 5.60. The molecule has 1 fully saturated rings. The minimum Gasteiger partial charge on any atom is -0.368 e. The van der Waals surface area contributed by atoms with E-state index in [0.29, 0.717) is 5.69 Å². The highest BCUT2D eigenvalue weighted by Gasteiger charge is 2.28. The van der Waals surface area contributed by atoms with Crippen LogP contribution in [0.5, 0.6) is 0 Å². The van der Waals surface area contributed by atoms with Gasteiger partial charge in [-0.15, -0.1) is 0 Å². The van der Waals surface area contributed by atoms with E-state index in [1.54, 1.807) is 29.0 Å². The summed E-state index contributed by atoms with van der Waals surface area (Å²) in [6.07, 6.45) is 4.87. The highest BCUT2D eigenvalue weighted by Crippen LogP contribution is 2.14. The minimum absolute atomic E-state index is 0.0447. The van der Waals surface area contributed by atoms with E-state index in [9.17, 15) is 9.59 Å². The molecule has 3 N–H and O–H groups in total. The van der Waals surface area contributed by atoms with Gasteiger partial charge >= 0.3 is 0 Å². The third kappa shape index (κ3) is 3.31. The standard InChI is InChI=1S/C12H19N5O2/c1-16-6-10(15-8-16)12(19)17(7-11(13)18)9-2-4-14-5-3-9/h6,8-9,14H,2-5,7H2,1H3,(H2,13,18). The van der Waals surface area contributed by atoms with Gasteiger partial charge in [-0.1, -0.05) is 0 Å². The van der Waals surface area contributed by atoms with E-state index >= 15 is 0 Å². The largest absolute Gasteiger partial charge is 0.368 e. The molecular weight excluding hydrogens is 246 g/mol. The van der Waals surface area contributed by atoms with Crippen LogP contribution >= 0.6 is 0 Å². The Labute approximate surface area is 111 Å². The number of nitrogens with zero attached hydrogens (tertiary/aromatic N) is 3. The molecule has 7 heteroatoms. The predicted molar refractivity (Wildman–Crippen MR) is 69.3 cm³/mol. The quantitative estimate of drug-likeness (QED) is 0.738. The van der Waals surface area contributed by atoms with Gasteiger partial charge in [0.15, 0.2) is 0 Å². The highest BCUT2D eigenvalue weighted by atomic mass is 16.2. The second kappa shape index (κ2) is 5.83. The molecule has 1 aromatic heterocycles. The first-order chi connectivity index (χ1) is 9.08. The third-order valence-electron chi connectivity index (χ3n) is 3.26. The Morgan fingerprint density at radius 2 is 2.21 bits per heavy atom. The number of piperidine rings is 1. The summed E-state index contributed by atoms with van der Waals surface area (Å²) < 4.78 is 1.71. The number of primary amides is 1. The maximum atomic E-state index is 12.4. The van der Waals surface area contributed by atoms with Crippen LogP contribution in [0.25, 0.3) is 0 Å². The molecular formula is C12H19N5O2. The smallest absolute Gasteiger partial charge is 0.274 e. The van der Waals surface area contributed by atoms with Crippen molar-refractivity contribution in [3.8, 4) is 0 Å². The zero-order chi connectivity index (χ0) is 13.8. The zero-order valence-electron chi connectivity index (χ0n) is 11.0. The number of carbonyl (C=O) groups excluding carboxylic acids is 2. The molecule has 2 amide bonds.